The maximum absolute atomic E-state index is 7.36. The molecule has 1 atom stereocenters. The van der Waals surface area contributed by atoms with Crippen LogP contribution in [0.2, 0.25) is 52.4 Å². The Labute approximate surface area is 470 Å². The van der Waals surface area contributed by atoms with Crippen LogP contribution < -0.4 is 30.5 Å². The molecule has 13 rings (SSSR count). The fraction of sp³-hybridized carbons (Fsp3) is 0.178. The molecule has 0 saturated carbocycles. The van der Waals surface area contributed by atoms with E-state index in [0.717, 1.165) is 56.1 Å². The van der Waals surface area contributed by atoms with Gasteiger partial charge in [0.15, 0.2) is 5.58 Å². The fourth-order valence-electron chi connectivity index (χ4n) is 13.2. The highest BCUT2D eigenvalue weighted by Gasteiger charge is 2.50. The van der Waals surface area contributed by atoms with Crippen molar-refractivity contribution in [1.82, 2.24) is 0 Å². The monoisotopic (exact) mass is 1070 g/mol. The SMILES string of the molecule is CC(C)(C)c1ccc(C2(c3ccc4c(c3)-c3ccccc3[Si]4(C)C)c3cc(N(c4ccccc4)c4ccc([Si](C)(C)C)cc4)ccc3-c3c2cc(N(c2ccccc2)c2ccc([Si](C)(C)C)cc2)c2oc4ccccc4c32)cc1. The molecule has 390 valence electrons. The first kappa shape index (κ1) is 50.7. The average Bonchev–Trinajstić information content (AvgIpc) is 3.58. The molecule has 0 fully saturated rings. The summed E-state index contributed by atoms with van der Waals surface area (Å²) in [5.74, 6) is 0. The van der Waals surface area contributed by atoms with Crippen LogP contribution >= 0.6 is 0 Å². The highest BCUT2D eigenvalue weighted by atomic mass is 28.3. The van der Waals surface area contributed by atoms with Gasteiger partial charge in [-0.15, -0.1) is 0 Å². The molecule has 0 radical (unpaired) electrons. The molecule has 0 bridgehead atoms. The van der Waals surface area contributed by atoms with Crippen LogP contribution in [0.25, 0.3) is 44.2 Å². The third-order valence-electron chi connectivity index (χ3n) is 17.4. The lowest BCUT2D eigenvalue weighted by molar-refractivity contribution is 0.589. The third kappa shape index (κ3) is 8.16. The van der Waals surface area contributed by atoms with Crippen molar-refractivity contribution in [2.24, 2.45) is 0 Å². The van der Waals surface area contributed by atoms with Crippen molar-refractivity contribution in [3.63, 3.8) is 0 Å². The van der Waals surface area contributed by atoms with Crippen molar-refractivity contribution >= 4 is 101 Å². The third-order valence-corrected chi connectivity index (χ3v) is 25.1. The van der Waals surface area contributed by atoms with Gasteiger partial charge in [-0.05, 0) is 145 Å². The van der Waals surface area contributed by atoms with Crippen molar-refractivity contribution < 1.29 is 4.42 Å². The largest absolute Gasteiger partial charge is 0.454 e. The van der Waals surface area contributed by atoms with Crippen LogP contribution in [-0.2, 0) is 10.8 Å². The Hall–Kier alpha value is -7.75. The van der Waals surface area contributed by atoms with Gasteiger partial charge in [-0.2, -0.15) is 0 Å². The lowest BCUT2D eigenvalue weighted by Crippen LogP contribution is -2.49. The first-order valence-corrected chi connectivity index (χ1v) is 38.2. The Morgan fingerprint density at radius 2 is 0.949 bits per heavy atom. The topological polar surface area (TPSA) is 19.6 Å². The fourth-order valence-corrected chi connectivity index (χ4v) is 18.6. The van der Waals surface area contributed by atoms with Gasteiger partial charge in [0.2, 0.25) is 0 Å². The molecule has 0 N–H and O–H groups in total. The molecule has 0 amide bonds. The second kappa shape index (κ2) is 18.4. The minimum Gasteiger partial charge on any atom is -0.454 e. The first-order valence-electron chi connectivity index (χ1n) is 28.2. The van der Waals surface area contributed by atoms with E-state index < -0.39 is 29.6 Å². The van der Waals surface area contributed by atoms with E-state index in [2.05, 4.69) is 307 Å². The van der Waals surface area contributed by atoms with Crippen LogP contribution in [0.1, 0.15) is 48.6 Å². The molecular formula is C73H70N2OSi3. The van der Waals surface area contributed by atoms with E-state index in [9.17, 15) is 0 Å². The lowest BCUT2D eigenvalue weighted by Gasteiger charge is -2.36. The Bertz CT molecular complexity index is 4140. The van der Waals surface area contributed by atoms with Gasteiger partial charge in [0.25, 0.3) is 0 Å². The van der Waals surface area contributed by atoms with E-state index in [1.54, 1.807) is 0 Å². The Morgan fingerprint density at radius 3 is 1.57 bits per heavy atom. The molecule has 79 heavy (non-hydrogen) atoms. The van der Waals surface area contributed by atoms with Gasteiger partial charge >= 0.3 is 0 Å². The Morgan fingerprint density at radius 1 is 0.430 bits per heavy atom. The lowest BCUT2D eigenvalue weighted by atomic mass is 9.66. The maximum atomic E-state index is 7.36. The van der Waals surface area contributed by atoms with Crippen molar-refractivity contribution in [2.45, 2.75) is 84.0 Å². The maximum Gasteiger partial charge on any atom is 0.160 e. The number of para-hydroxylation sites is 3. The Kier molecular flexibility index (Phi) is 11.8. The summed E-state index contributed by atoms with van der Waals surface area (Å²) in [6.45, 7) is 26.6. The van der Waals surface area contributed by atoms with Crippen LogP contribution in [0, 0.1) is 0 Å². The zero-order valence-electron chi connectivity index (χ0n) is 47.7. The molecule has 1 aromatic heterocycles. The minimum atomic E-state index is -2.03. The Balaban J connectivity index is 1.19. The summed E-state index contributed by atoms with van der Waals surface area (Å²) in [7, 11) is -5.22. The molecule has 11 aromatic rings. The van der Waals surface area contributed by atoms with Gasteiger partial charge in [-0.25, -0.2) is 0 Å². The zero-order valence-corrected chi connectivity index (χ0v) is 50.7. The number of benzene rings is 10. The van der Waals surface area contributed by atoms with Gasteiger partial charge in [0.1, 0.15) is 13.7 Å². The summed E-state index contributed by atoms with van der Waals surface area (Å²) >= 11 is 0. The van der Waals surface area contributed by atoms with E-state index >= 15 is 0 Å². The summed E-state index contributed by atoms with van der Waals surface area (Å²) in [5, 5.41) is 8.11. The highest BCUT2D eigenvalue weighted by Crippen LogP contribution is 2.62. The second-order valence-electron chi connectivity index (χ2n) is 25.8. The van der Waals surface area contributed by atoms with Crippen molar-refractivity contribution in [3.8, 4) is 22.3 Å². The predicted molar refractivity (Wildman–Crippen MR) is 347 cm³/mol. The van der Waals surface area contributed by atoms with Crippen LogP contribution in [-0.4, -0.2) is 24.2 Å². The van der Waals surface area contributed by atoms with Crippen LogP contribution in [0.5, 0.6) is 0 Å². The second-order valence-corrected chi connectivity index (χ2v) is 40.3. The summed E-state index contributed by atoms with van der Waals surface area (Å²) in [5.41, 5.74) is 18.8. The number of anilines is 6. The first-order chi connectivity index (χ1) is 37.8. The molecule has 1 aliphatic heterocycles. The number of fused-ring (bicyclic) bond motifs is 10. The van der Waals surface area contributed by atoms with E-state index in [-0.39, 0.29) is 5.41 Å². The van der Waals surface area contributed by atoms with Crippen LogP contribution in [0.4, 0.5) is 34.1 Å². The molecule has 6 heteroatoms. The predicted octanol–water partition coefficient (Wildman–Crippen LogP) is 18.1. The van der Waals surface area contributed by atoms with Gasteiger partial charge in [-0.3, -0.25) is 0 Å². The average molecular weight is 1080 g/mol. The number of hydrogen-bond donors (Lipinski definition) is 0. The van der Waals surface area contributed by atoms with E-state index in [4.69, 9.17) is 4.42 Å². The van der Waals surface area contributed by atoms with Gasteiger partial charge in [0, 0.05) is 39.2 Å². The highest BCUT2D eigenvalue weighted by molar-refractivity contribution is 7.03. The summed E-state index contributed by atoms with van der Waals surface area (Å²) in [4.78, 5) is 4.92. The minimum absolute atomic E-state index is 0.0463. The van der Waals surface area contributed by atoms with Crippen molar-refractivity contribution in [3.05, 3.63) is 252 Å². The summed E-state index contributed by atoms with van der Waals surface area (Å²) in [6.07, 6.45) is 0. The van der Waals surface area contributed by atoms with Gasteiger partial charge < -0.3 is 14.2 Å². The van der Waals surface area contributed by atoms with Crippen molar-refractivity contribution in [1.29, 1.82) is 0 Å². The zero-order chi connectivity index (χ0) is 54.8. The summed E-state index contributed by atoms with van der Waals surface area (Å²) < 4.78 is 7.36. The molecule has 10 aromatic carbocycles. The molecule has 1 aliphatic carbocycles. The molecular weight excluding hydrogens is 1010 g/mol. The molecule has 2 heterocycles. The number of hydrogen-bond acceptors (Lipinski definition) is 3. The molecule has 0 spiro atoms. The quantitative estimate of drug-likeness (QED) is 0.127. The van der Waals surface area contributed by atoms with E-state index in [0.29, 0.717) is 0 Å². The van der Waals surface area contributed by atoms with Crippen LogP contribution in [0.15, 0.2) is 229 Å². The number of furan rings is 1. The molecule has 2 aliphatic rings. The summed E-state index contributed by atoms with van der Waals surface area (Å²) in [6, 6.07) is 85.8. The molecule has 3 nitrogen and oxygen atoms in total. The van der Waals surface area contributed by atoms with Gasteiger partial charge in [-0.1, -0.05) is 229 Å². The normalized spacial score (nSPS) is 15.4. The van der Waals surface area contributed by atoms with E-state index in [1.165, 1.54) is 70.8 Å². The van der Waals surface area contributed by atoms with E-state index in [1.807, 2.05) is 0 Å². The van der Waals surface area contributed by atoms with Crippen molar-refractivity contribution in [2.75, 3.05) is 9.80 Å². The molecule has 1 unspecified atom stereocenters. The van der Waals surface area contributed by atoms with Gasteiger partial charge in [0.05, 0.1) is 27.3 Å². The number of rotatable bonds is 10. The number of nitrogens with zero attached hydrogens (tertiary/aromatic N) is 2. The smallest absolute Gasteiger partial charge is 0.160 e. The standard InChI is InChI=1S/C73H70N2OSi3/c1-72(2,3)49-30-32-50(33-31-49)73(51-34-45-68-62(46-51)59-26-19-21-29-67(59)79(68,10)11)63-47-56(74(52-22-14-12-15-23-52)54-35-40-57(41-36-54)77(4,5)6)39-44-60(63)69-64(73)48-65(71-70(69)61-27-18-20-28-66(61)76-71)75(53-24-16-13-17-25-53)55-37-42-58(43-38-55)78(7,8)9/h12-48H,1-11H3. The van der Waals surface area contributed by atoms with Crippen LogP contribution in [0.3, 0.4) is 0 Å². The molecule has 0 saturated heterocycles.